The fourth-order valence-electron chi connectivity index (χ4n) is 12.3. The first-order valence-corrected chi connectivity index (χ1v) is 41.9. The fraction of sp³-hybridized carbons (Fsp3) is 0.543. The number of benzene rings is 2. The highest BCUT2D eigenvalue weighted by molar-refractivity contribution is 6.02. The van der Waals surface area contributed by atoms with Crippen LogP contribution >= 0.6 is 0 Å². The number of aliphatic hydroxyl groups is 5. The zero-order valence-corrected chi connectivity index (χ0v) is 74.3. The van der Waals surface area contributed by atoms with Gasteiger partial charge in [0.05, 0.1) is 69.6 Å². The number of aromatic nitrogens is 2. The number of primary amides is 1. The van der Waals surface area contributed by atoms with Gasteiger partial charge < -0.3 is 158 Å². The minimum absolute atomic E-state index is 0.0232. The summed E-state index contributed by atoms with van der Waals surface area (Å²) < 4.78 is 0. The van der Waals surface area contributed by atoms with Crippen molar-refractivity contribution in [3.05, 3.63) is 83.9 Å². The molecule has 0 fully saturated rings. The number of phenols is 1. The van der Waals surface area contributed by atoms with Crippen molar-refractivity contribution >= 4 is 130 Å². The third-order valence-electron chi connectivity index (χ3n) is 19.7. The molecule has 1 heterocycles. The molecule has 0 saturated heterocycles. The Morgan fingerprint density at radius 3 is 1.19 bits per heavy atom. The van der Waals surface area contributed by atoms with Gasteiger partial charge >= 0.3 is 23.9 Å². The summed E-state index contributed by atoms with van der Waals surface area (Å²) in [6.45, 7) is 4.33. The molecule has 3 rings (SSSR count). The van der Waals surface area contributed by atoms with Gasteiger partial charge in [-0.1, -0.05) is 70.2 Å². The maximum atomic E-state index is 14.5. The van der Waals surface area contributed by atoms with Crippen LogP contribution in [0.4, 0.5) is 0 Å². The molecule has 2 aromatic carbocycles. The number of carbonyl (C=O) groups is 22. The third kappa shape index (κ3) is 40.9. The number of rotatable bonds is 60. The molecular formula is C81H119N21O32. The van der Waals surface area contributed by atoms with Gasteiger partial charge in [0, 0.05) is 44.7 Å². The topological polar surface area (TPSA) is 863 Å². The summed E-state index contributed by atoms with van der Waals surface area (Å²) in [4.78, 5) is 299. The second-order valence-electron chi connectivity index (χ2n) is 31.7. The lowest BCUT2D eigenvalue weighted by atomic mass is 10.00. The number of imidazole rings is 1. The van der Waals surface area contributed by atoms with Crippen LogP contribution in [-0.2, 0) is 125 Å². The minimum atomic E-state index is -2.21. The Hall–Kier alpha value is -14.4. The molecule has 740 valence electrons. The van der Waals surface area contributed by atoms with Crippen molar-refractivity contribution in [3.8, 4) is 5.75 Å². The highest BCUT2D eigenvalue weighted by atomic mass is 16.4. The first-order chi connectivity index (χ1) is 62.9. The molecule has 1 aromatic heterocycles. The van der Waals surface area contributed by atoms with E-state index in [9.17, 15) is 157 Å². The number of aliphatic carboxylic acids is 4. The molecule has 53 heteroatoms. The van der Waals surface area contributed by atoms with Crippen LogP contribution < -0.4 is 102 Å². The van der Waals surface area contributed by atoms with E-state index in [-0.39, 0.29) is 24.2 Å². The number of aliphatic hydroxyl groups excluding tert-OH is 5. The van der Waals surface area contributed by atoms with Crippen molar-refractivity contribution in [1.82, 2.24) is 100 Å². The van der Waals surface area contributed by atoms with Crippen molar-refractivity contribution < 1.29 is 157 Å². The predicted octanol–water partition coefficient (Wildman–Crippen LogP) is -12.0. The first-order valence-electron chi connectivity index (χ1n) is 41.9. The maximum absolute atomic E-state index is 14.5. The maximum Gasteiger partial charge on any atom is 0.325 e. The third-order valence-corrected chi connectivity index (χ3v) is 19.7. The molecule has 18 amide bonds. The van der Waals surface area contributed by atoms with Crippen LogP contribution in [0.2, 0.25) is 0 Å². The smallest absolute Gasteiger partial charge is 0.325 e. The second kappa shape index (κ2) is 57.0. The highest BCUT2D eigenvalue weighted by Crippen LogP contribution is 2.16. The Morgan fingerprint density at radius 2 is 0.746 bits per heavy atom. The number of carbonyl (C=O) groups excluding carboxylic acids is 18. The Bertz CT molecular complexity index is 4580. The summed E-state index contributed by atoms with van der Waals surface area (Å²) in [6, 6.07) is -15.9. The molecule has 0 bridgehead atoms. The lowest BCUT2D eigenvalue weighted by molar-refractivity contribution is -0.142. The van der Waals surface area contributed by atoms with Crippen LogP contribution in [0.3, 0.4) is 0 Å². The summed E-state index contributed by atoms with van der Waals surface area (Å²) in [5.74, 6) is -29.4. The number of phenolic OH excluding ortho intramolecular Hbond substituents is 1. The Balaban J connectivity index is 1.81. The number of nitrogens with one attached hydrogen (secondary N) is 18. The first kappa shape index (κ1) is 114. The number of carboxylic acids is 4. The number of hydrogen-bond acceptors (Lipinski definition) is 30. The van der Waals surface area contributed by atoms with Crippen LogP contribution in [-0.4, -0.2) is 333 Å². The lowest BCUT2D eigenvalue weighted by Gasteiger charge is -2.29. The van der Waals surface area contributed by atoms with Crippen LogP contribution in [0.1, 0.15) is 124 Å². The van der Waals surface area contributed by atoms with E-state index in [2.05, 4.69) is 89.7 Å². The Morgan fingerprint density at radius 1 is 0.373 bits per heavy atom. The van der Waals surface area contributed by atoms with Crippen molar-refractivity contribution in [2.45, 2.75) is 235 Å². The van der Waals surface area contributed by atoms with Gasteiger partial charge in [-0.05, 0) is 88.5 Å². The average molecular weight is 1900 g/mol. The number of aromatic hydroxyl groups is 1. The van der Waals surface area contributed by atoms with Crippen molar-refractivity contribution in [2.24, 2.45) is 23.3 Å². The number of H-pyrrole nitrogens is 1. The van der Waals surface area contributed by atoms with Gasteiger partial charge in [-0.3, -0.25) is 105 Å². The fourth-order valence-corrected chi connectivity index (χ4v) is 12.3. The van der Waals surface area contributed by atoms with E-state index in [0.29, 0.717) is 11.3 Å². The largest absolute Gasteiger partial charge is 0.508 e. The number of aromatic amines is 1. The molecule has 0 unspecified atom stereocenters. The zero-order chi connectivity index (χ0) is 101. The van der Waals surface area contributed by atoms with Gasteiger partial charge in [0.2, 0.25) is 106 Å². The van der Waals surface area contributed by atoms with E-state index >= 15 is 0 Å². The molecule has 53 nitrogen and oxygen atoms in total. The molecule has 134 heavy (non-hydrogen) atoms. The zero-order valence-electron chi connectivity index (χ0n) is 74.3. The molecule has 0 spiro atoms. The van der Waals surface area contributed by atoms with E-state index < -0.39 is 342 Å². The monoisotopic (exact) mass is 1900 g/mol. The summed E-state index contributed by atoms with van der Waals surface area (Å²) in [5.41, 5.74) is 12.1. The Kier molecular flexibility index (Phi) is 48.4. The van der Waals surface area contributed by atoms with Crippen molar-refractivity contribution in [1.29, 1.82) is 0 Å². The molecule has 0 aliphatic carbocycles. The van der Waals surface area contributed by atoms with E-state index in [4.69, 9.17) is 11.5 Å². The number of amides is 18. The van der Waals surface area contributed by atoms with Crippen LogP contribution in [0.15, 0.2) is 67.1 Å². The van der Waals surface area contributed by atoms with E-state index in [1.807, 2.05) is 10.6 Å². The second-order valence-corrected chi connectivity index (χ2v) is 31.7. The van der Waals surface area contributed by atoms with Crippen LogP contribution in [0, 0.1) is 11.8 Å². The normalized spacial score (nSPS) is 15.1. The molecule has 0 aliphatic heterocycles. The van der Waals surface area contributed by atoms with Crippen LogP contribution in [0.25, 0.3) is 0 Å². The van der Waals surface area contributed by atoms with Gasteiger partial charge in [0.15, 0.2) is 0 Å². The van der Waals surface area contributed by atoms with E-state index in [1.54, 1.807) is 19.9 Å². The summed E-state index contributed by atoms with van der Waals surface area (Å²) >= 11 is 0. The molecule has 0 radical (unpaired) electrons. The van der Waals surface area contributed by atoms with Gasteiger partial charge in [0.25, 0.3) is 0 Å². The summed E-state index contributed by atoms with van der Waals surface area (Å²) in [5, 5.41) is 139. The molecule has 0 aliphatic rings. The number of nitrogens with two attached hydrogens (primary N) is 2. The molecular weight excluding hydrogens is 1780 g/mol. The lowest BCUT2D eigenvalue weighted by Crippen LogP contribution is -2.63. The van der Waals surface area contributed by atoms with Gasteiger partial charge in [-0.2, -0.15) is 0 Å². The van der Waals surface area contributed by atoms with Gasteiger partial charge in [-0.15, -0.1) is 0 Å². The summed E-state index contributed by atoms with van der Waals surface area (Å²) in [7, 11) is 0. The quantitative estimate of drug-likeness (QED) is 0.0249. The van der Waals surface area contributed by atoms with E-state index in [0.717, 1.165) is 20.8 Å². The van der Waals surface area contributed by atoms with Crippen molar-refractivity contribution in [3.63, 3.8) is 0 Å². The highest BCUT2D eigenvalue weighted by Gasteiger charge is 2.41. The van der Waals surface area contributed by atoms with Crippen LogP contribution in [0.5, 0.6) is 5.75 Å². The predicted molar refractivity (Wildman–Crippen MR) is 460 cm³/mol. The average Bonchev–Trinajstić information content (AvgIpc) is 1.04. The standard InChI is InChI=1S/C81H119N21O32/c1-36(2)24-50(71(123)92-48(20-23-61(114)115)69(121)85-30-58(110)90-49(18-21-57(83)109)70(122)89-39(6)81(133)134)93-72(124)51(26-43-14-16-45(108)17-15-43)94-75(127)54(32-103)97-77(129)56(34-105)98-78(130)63(37(3)4)101-74(126)53(28-62(116)117)95-76(128)55(33-104)99-80(132)65(41(8)107)102-73(125)52(25-42-12-10-9-11-13-42)96-79(131)64(40(7)106)100-59(111)31-86-68(120)47(19-22-60(112)113)91-66(118)38(5)88-67(119)46(82)27-44-29-84-35-87-44/h9-17,29,35-41,46-56,63-65,103-108H,18-28,30-34,82H2,1-8H3,(H2,83,109)(H,84,87)(H,85,121)(H,86,120)(H,88,119)(H,89,122)(H,90,110)(H,91,118)(H,92,123)(H,93,124)(H,94,127)(H,95,128)(H,96,131)(H,97,129)(H,98,130)(H,99,132)(H,100,111)(H,101,126)(H,102,125)(H,112,113)(H,114,115)(H,116,117)(H,133,134)/t38-,39-,40-,41+,46-,47-,48-,49-,50-,51-,52-,53-,54-,55-,56-,63-,64+,65-/m0/s1. The van der Waals surface area contributed by atoms with E-state index in [1.165, 1.54) is 81.8 Å². The summed E-state index contributed by atoms with van der Waals surface area (Å²) in [6.07, 6.45) is -6.81. The number of carboxylic acid groups (broad SMARTS) is 4. The molecule has 0 saturated carbocycles. The van der Waals surface area contributed by atoms with Crippen molar-refractivity contribution in [2.75, 3.05) is 32.9 Å². The molecule has 3 aromatic rings. The SMILES string of the molecule is CC(C)C[C@H](NC(=O)[C@H](Cc1ccc(O)cc1)NC(=O)[C@H](CO)NC(=O)[C@H](CO)NC(=O)[C@@H](NC(=O)[C@H](CC(=O)O)NC(=O)[C@H](CO)NC(=O)[C@@H](NC(=O)[C@H](Cc1ccccc1)NC(=O)[C@H](NC(=O)CNC(=O)[C@H](CCC(=O)O)NC(=O)[C@H](C)NC(=O)[C@@H](N)Cc1c[nH]cn1)[C@H](C)O)[C@@H](C)O)C(C)C)C(=O)N[C@@H](CCC(=O)O)C(=O)NCC(=O)N[C@@H](CCC(N)=O)C(=O)N[C@@H](C)C(=O)O. The Labute approximate surface area is 765 Å². The molecule has 32 N–H and O–H groups in total. The van der Waals surface area contributed by atoms with Gasteiger partial charge in [-0.25, -0.2) is 4.98 Å². The number of nitrogens with zero attached hydrogens (tertiary/aromatic N) is 1. The van der Waals surface area contributed by atoms with Gasteiger partial charge in [0.1, 0.15) is 96.4 Å². The minimum Gasteiger partial charge on any atom is -0.508 e. The number of hydrogen-bond donors (Lipinski definition) is 30. The molecule has 18 atom stereocenters.